The van der Waals surface area contributed by atoms with E-state index in [2.05, 4.69) is 21.2 Å². The van der Waals surface area contributed by atoms with E-state index in [1.54, 1.807) is 11.8 Å². The number of rotatable bonds is 7. The van der Waals surface area contributed by atoms with E-state index in [1.807, 2.05) is 13.0 Å². The molecule has 0 aromatic carbocycles. The molecule has 2 N–H and O–H groups in total. The maximum Gasteiger partial charge on any atom is 0.261 e. The van der Waals surface area contributed by atoms with Crippen LogP contribution in [0.2, 0.25) is 0 Å². The lowest BCUT2D eigenvalue weighted by molar-refractivity contribution is 0.0960. The Labute approximate surface area is 118 Å². The van der Waals surface area contributed by atoms with Crippen LogP contribution in [0.4, 0.5) is 0 Å². The number of carbonyl (C=O) groups is 1. The minimum atomic E-state index is -0.00782. The lowest BCUT2D eigenvalue weighted by Crippen LogP contribution is -2.24. The van der Waals surface area contributed by atoms with E-state index >= 15 is 0 Å². The molecule has 0 aliphatic heterocycles. The van der Waals surface area contributed by atoms with Crippen molar-refractivity contribution in [3.8, 4) is 0 Å². The molecule has 0 saturated heterocycles. The number of thioether (sulfide) groups is 1. The third kappa shape index (κ3) is 5.42. The minimum Gasteiger partial charge on any atom is -0.396 e. The first-order valence-electron chi connectivity index (χ1n) is 5.38. The molecule has 96 valence electrons. The largest absolute Gasteiger partial charge is 0.396 e. The first-order chi connectivity index (χ1) is 8.15. The molecule has 1 rings (SSSR count). The van der Waals surface area contributed by atoms with Gasteiger partial charge in [-0.3, -0.25) is 4.79 Å². The molecule has 1 aromatic rings. The van der Waals surface area contributed by atoms with Crippen LogP contribution in [-0.4, -0.2) is 35.7 Å². The molecule has 1 amide bonds. The highest BCUT2D eigenvalue weighted by Gasteiger charge is 2.10. The predicted octanol–water partition coefficient (Wildman–Crippen LogP) is 2.66. The molecule has 0 spiro atoms. The average molecular weight is 338 g/mol. The zero-order chi connectivity index (χ0) is 12.7. The fraction of sp³-hybridized carbons (Fsp3) is 0.545. The summed E-state index contributed by atoms with van der Waals surface area (Å²) >= 11 is 6.61. The molecule has 0 aliphatic carbocycles. The van der Waals surface area contributed by atoms with Gasteiger partial charge in [-0.1, -0.05) is 0 Å². The topological polar surface area (TPSA) is 49.3 Å². The second-order valence-electron chi connectivity index (χ2n) is 3.51. The van der Waals surface area contributed by atoms with Gasteiger partial charge in [-0.25, -0.2) is 0 Å². The Morgan fingerprint density at radius 2 is 2.35 bits per heavy atom. The molecule has 6 heteroatoms. The molecular weight excluding hydrogens is 322 g/mol. The van der Waals surface area contributed by atoms with Gasteiger partial charge in [0.05, 0.1) is 8.66 Å². The van der Waals surface area contributed by atoms with Crippen LogP contribution in [0.3, 0.4) is 0 Å². The first-order valence-corrected chi connectivity index (χ1v) is 8.14. The normalized spacial score (nSPS) is 10.5. The number of amides is 1. The van der Waals surface area contributed by atoms with Gasteiger partial charge >= 0.3 is 0 Å². The number of nitrogens with one attached hydrogen (secondary N) is 1. The molecular formula is C11H16BrNO2S2. The number of hydrogen-bond acceptors (Lipinski definition) is 4. The fourth-order valence-electron chi connectivity index (χ4n) is 1.16. The van der Waals surface area contributed by atoms with E-state index in [-0.39, 0.29) is 12.5 Å². The van der Waals surface area contributed by atoms with Crippen LogP contribution in [0, 0.1) is 6.92 Å². The van der Waals surface area contributed by atoms with Crippen LogP contribution in [-0.2, 0) is 0 Å². The van der Waals surface area contributed by atoms with Gasteiger partial charge in [0, 0.05) is 18.9 Å². The molecule has 0 radical (unpaired) electrons. The van der Waals surface area contributed by atoms with Crippen LogP contribution in [0.15, 0.2) is 9.85 Å². The van der Waals surface area contributed by atoms with Gasteiger partial charge in [-0.05, 0) is 46.7 Å². The molecule has 0 bridgehead atoms. The number of thiophene rings is 1. The summed E-state index contributed by atoms with van der Waals surface area (Å²) in [6.07, 6.45) is 0.815. The van der Waals surface area contributed by atoms with Gasteiger partial charge in [-0.15, -0.1) is 11.3 Å². The molecule has 17 heavy (non-hydrogen) atoms. The Balaban J connectivity index is 2.21. The highest BCUT2D eigenvalue weighted by atomic mass is 79.9. The van der Waals surface area contributed by atoms with Gasteiger partial charge in [0.1, 0.15) is 0 Å². The summed E-state index contributed by atoms with van der Waals surface area (Å²) in [4.78, 5) is 12.5. The number of hydrogen-bond donors (Lipinski definition) is 2. The van der Waals surface area contributed by atoms with Crippen LogP contribution in [0.5, 0.6) is 0 Å². The first kappa shape index (κ1) is 15.0. The Morgan fingerprint density at radius 1 is 1.59 bits per heavy atom. The summed E-state index contributed by atoms with van der Waals surface area (Å²) in [6, 6.07) is 1.89. The van der Waals surface area contributed by atoms with Crippen LogP contribution in [0.25, 0.3) is 0 Å². The van der Waals surface area contributed by atoms with E-state index in [0.29, 0.717) is 6.54 Å². The number of aliphatic hydroxyl groups excluding tert-OH is 1. The van der Waals surface area contributed by atoms with E-state index in [1.165, 1.54) is 11.3 Å². The van der Waals surface area contributed by atoms with Crippen molar-refractivity contribution < 1.29 is 9.90 Å². The van der Waals surface area contributed by atoms with Gasteiger partial charge in [-0.2, -0.15) is 11.8 Å². The molecule has 1 aromatic heterocycles. The van der Waals surface area contributed by atoms with Crippen LogP contribution >= 0.6 is 39.0 Å². The van der Waals surface area contributed by atoms with Crippen LogP contribution < -0.4 is 5.32 Å². The van der Waals surface area contributed by atoms with Crippen molar-refractivity contribution in [3.63, 3.8) is 0 Å². The third-order valence-corrected chi connectivity index (χ3v) is 5.27. The standard InChI is InChI=1S/C11H16BrNO2S2/c1-8-7-9(17-10(8)12)11(15)13-3-6-16-5-2-4-14/h7,14H,2-6H2,1H3,(H,13,15). The van der Waals surface area contributed by atoms with Gasteiger partial charge < -0.3 is 10.4 Å². The Bertz CT molecular complexity index is 349. The predicted molar refractivity (Wildman–Crippen MR) is 78.1 cm³/mol. The Kier molecular flexibility index (Phi) is 7.18. The quantitative estimate of drug-likeness (QED) is 0.752. The number of halogens is 1. The molecule has 0 unspecified atom stereocenters. The molecule has 3 nitrogen and oxygen atoms in total. The van der Waals surface area contributed by atoms with Crippen molar-refractivity contribution in [2.75, 3.05) is 24.7 Å². The van der Waals surface area contributed by atoms with E-state index in [4.69, 9.17) is 5.11 Å². The Hall–Kier alpha value is -0.0400. The van der Waals surface area contributed by atoms with E-state index in [9.17, 15) is 4.79 Å². The van der Waals surface area contributed by atoms with Crippen LogP contribution in [0.1, 0.15) is 21.7 Å². The lowest BCUT2D eigenvalue weighted by Gasteiger charge is -2.02. The average Bonchev–Trinajstić information content (AvgIpc) is 2.64. The van der Waals surface area contributed by atoms with Crippen molar-refractivity contribution in [1.29, 1.82) is 0 Å². The van der Waals surface area contributed by atoms with Crippen molar-refractivity contribution >= 4 is 44.9 Å². The second kappa shape index (κ2) is 8.13. The summed E-state index contributed by atoms with van der Waals surface area (Å²) in [6.45, 7) is 2.88. The highest BCUT2D eigenvalue weighted by Crippen LogP contribution is 2.27. The second-order valence-corrected chi connectivity index (χ2v) is 7.11. The minimum absolute atomic E-state index is 0.00782. The maximum absolute atomic E-state index is 11.7. The molecule has 0 saturated carbocycles. The van der Waals surface area contributed by atoms with E-state index in [0.717, 1.165) is 32.2 Å². The van der Waals surface area contributed by atoms with Gasteiger partial charge in [0.15, 0.2) is 0 Å². The summed E-state index contributed by atoms with van der Waals surface area (Å²) < 4.78 is 1.01. The van der Waals surface area contributed by atoms with E-state index < -0.39 is 0 Å². The molecule has 0 atom stereocenters. The highest BCUT2D eigenvalue weighted by molar-refractivity contribution is 9.11. The molecule has 0 aliphatic rings. The van der Waals surface area contributed by atoms with Gasteiger partial charge in [0.25, 0.3) is 5.91 Å². The number of aliphatic hydroxyl groups is 1. The van der Waals surface area contributed by atoms with Crippen molar-refractivity contribution in [2.24, 2.45) is 0 Å². The summed E-state index contributed by atoms with van der Waals surface area (Å²) in [5.41, 5.74) is 1.09. The SMILES string of the molecule is Cc1cc(C(=O)NCCSCCCO)sc1Br. The zero-order valence-corrected chi connectivity index (χ0v) is 12.9. The molecule has 0 fully saturated rings. The summed E-state index contributed by atoms with van der Waals surface area (Å²) in [7, 11) is 0. The third-order valence-electron chi connectivity index (χ3n) is 2.06. The van der Waals surface area contributed by atoms with Crippen molar-refractivity contribution in [3.05, 3.63) is 20.3 Å². The van der Waals surface area contributed by atoms with Crippen molar-refractivity contribution in [2.45, 2.75) is 13.3 Å². The monoisotopic (exact) mass is 337 g/mol. The Morgan fingerprint density at radius 3 is 2.94 bits per heavy atom. The van der Waals surface area contributed by atoms with Crippen molar-refractivity contribution in [1.82, 2.24) is 5.32 Å². The molecule has 1 heterocycles. The lowest BCUT2D eigenvalue weighted by atomic mass is 10.3. The fourth-order valence-corrected chi connectivity index (χ4v) is 3.40. The summed E-state index contributed by atoms with van der Waals surface area (Å²) in [5, 5.41) is 11.5. The summed E-state index contributed by atoms with van der Waals surface area (Å²) in [5.74, 6) is 1.82. The smallest absolute Gasteiger partial charge is 0.261 e. The van der Waals surface area contributed by atoms with Gasteiger partial charge in [0.2, 0.25) is 0 Å². The number of carbonyl (C=O) groups excluding carboxylic acids is 1. The zero-order valence-electron chi connectivity index (χ0n) is 9.66. The maximum atomic E-state index is 11.7. The number of aryl methyl sites for hydroxylation is 1.